The van der Waals surface area contributed by atoms with Crippen LogP contribution in [0.1, 0.15) is 56.1 Å². The van der Waals surface area contributed by atoms with E-state index in [0.717, 1.165) is 30.7 Å². The second-order valence-electron chi connectivity index (χ2n) is 7.84. The van der Waals surface area contributed by atoms with Gasteiger partial charge >= 0.3 is 0 Å². The van der Waals surface area contributed by atoms with Crippen LogP contribution in [0.15, 0.2) is 33.4 Å². The predicted octanol–water partition coefficient (Wildman–Crippen LogP) is 3.85. The molecule has 0 bridgehead atoms. The van der Waals surface area contributed by atoms with Crippen molar-refractivity contribution in [3.8, 4) is 0 Å². The van der Waals surface area contributed by atoms with Crippen molar-refractivity contribution in [1.82, 2.24) is 10.5 Å². The molecule has 1 fully saturated rings. The Hall–Kier alpha value is -2.04. The Labute approximate surface area is 142 Å². The van der Waals surface area contributed by atoms with E-state index in [2.05, 4.69) is 44.2 Å². The summed E-state index contributed by atoms with van der Waals surface area (Å²) in [5, 5.41) is 7.29. The van der Waals surface area contributed by atoms with Gasteiger partial charge in [-0.2, -0.15) is 0 Å². The number of amides is 1. The Morgan fingerprint density at radius 1 is 1.46 bits per heavy atom. The van der Waals surface area contributed by atoms with Crippen LogP contribution in [0, 0.1) is 17.3 Å². The van der Waals surface area contributed by atoms with Gasteiger partial charge in [-0.1, -0.05) is 32.9 Å². The highest BCUT2D eigenvalue weighted by atomic mass is 16.5. The summed E-state index contributed by atoms with van der Waals surface area (Å²) in [6, 6.07) is 5.64. The molecule has 1 amide bonds. The Balaban J connectivity index is 1.56. The summed E-state index contributed by atoms with van der Waals surface area (Å²) in [5.74, 6) is 2.23. The third kappa shape index (κ3) is 3.40. The topological polar surface area (TPSA) is 68.3 Å². The SMILES string of the molecule is CC(C)Cc1cc(C[C@@H]2C[C@H](NC(=O)c3ccco3)C2(C)C)no1. The third-order valence-electron chi connectivity index (χ3n) is 5.19. The molecule has 2 atom stereocenters. The summed E-state index contributed by atoms with van der Waals surface area (Å²) in [4.78, 5) is 12.1. The van der Waals surface area contributed by atoms with Crippen molar-refractivity contribution < 1.29 is 13.7 Å². The molecule has 1 aliphatic carbocycles. The lowest BCUT2D eigenvalue weighted by Crippen LogP contribution is -2.58. The molecule has 24 heavy (non-hydrogen) atoms. The van der Waals surface area contributed by atoms with E-state index in [-0.39, 0.29) is 17.4 Å². The van der Waals surface area contributed by atoms with Gasteiger partial charge < -0.3 is 14.3 Å². The van der Waals surface area contributed by atoms with Gasteiger partial charge in [-0.15, -0.1) is 0 Å². The zero-order valence-corrected chi connectivity index (χ0v) is 14.8. The van der Waals surface area contributed by atoms with E-state index in [4.69, 9.17) is 8.94 Å². The van der Waals surface area contributed by atoms with E-state index in [1.54, 1.807) is 12.1 Å². The zero-order chi connectivity index (χ0) is 17.3. The van der Waals surface area contributed by atoms with Gasteiger partial charge in [0.15, 0.2) is 5.76 Å². The van der Waals surface area contributed by atoms with Crippen molar-refractivity contribution in [3.05, 3.63) is 41.7 Å². The molecule has 0 radical (unpaired) electrons. The molecular formula is C19H26N2O3. The smallest absolute Gasteiger partial charge is 0.287 e. The number of hydrogen-bond donors (Lipinski definition) is 1. The number of nitrogens with one attached hydrogen (secondary N) is 1. The fourth-order valence-corrected chi connectivity index (χ4v) is 3.45. The van der Waals surface area contributed by atoms with Gasteiger partial charge in [-0.05, 0) is 42.2 Å². The van der Waals surface area contributed by atoms with E-state index in [0.29, 0.717) is 17.6 Å². The molecule has 0 unspecified atom stereocenters. The molecule has 1 saturated carbocycles. The summed E-state index contributed by atoms with van der Waals surface area (Å²) in [6.07, 6.45) is 4.28. The summed E-state index contributed by atoms with van der Waals surface area (Å²) < 4.78 is 10.6. The minimum absolute atomic E-state index is 0.0272. The normalized spacial score (nSPS) is 22.4. The Morgan fingerprint density at radius 2 is 2.25 bits per heavy atom. The van der Waals surface area contributed by atoms with Crippen LogP contribution in [-0.4, -0.2) is 17.1 Å². The molecule has 1 N–H and O–H groups in total. The van der Waals surface area contributed by atoms with E-state index in [9.17, 15) is 4.79 Å². The predicted molar refractivity (Wildman–Crippen MR) is 90.6 cm³/mol. The molecule has 1 aliphatic rings. The Kier molecular flexibility index (Phi) is 4.52. The highest BCUT2D eigenvalue weighted by Crippen LogP contribution is 2.47. The molecular weight excluding hydrogens is 304 g/mol. The maximum absolute atomic E-state index is 12.1. The van der Waals surface area contributed by atoms with Gasteiger partial charge in [0.25, 0.3) is 5.91 Å². The second kappa shape index (κ2) is 6.46. The quantitative estimate of drug-likeness (QED) is 0.873. The average molecular weight is 330 g/mol. The number of aromatic nitrogens is 1. The van der Waals surface area contributed by atoms with Crippen LogP contribution in [0.5, 0.6) is 0 Å². The van der Waals surface area contributed by atoms with Crippen molar-refractivity contribution >= 4 is 5.91 Å². The van der Waals surface area contributed by atoms with Gasteiger partial charge in [-0.25, -0.2) is 0 Å². The number of carbonyl (C=O) groups excluding carboxylic acids is 1. The Morgan fingerprint density at radius 3 is 2.88 bits per heavy atom. The lowest BCUT2D eigenvalue weighted by molar-refractivity contribution is 0.0131. The molecule has 0 saturated heterocycles. The molecule has 2 aromatic heterocycles. The van der Waals surface area contributed by atoms with Crippen LogP contribution in [0.25, 0.3) is 0 Å². The van der Waals surface area contributed by atoms with Crippen LogP contribution in [0.3, 0.4) is 0 Å². The van der Waals surface area contributed by atoms with Crippen molar-refractivity contribution in [1.29, 1.82) is 0 Å². The third-order valence-corrected chi connectivity index (χ3v) is 5.19. The molecule has 3 rings (SSSR count). The van der Waals surface area contributed by atoms with Crippen molar-refractivity contribution in [2.45, 2.75) is 53.0 Å². The van der Waals surface area contributed by atoms with Gasteiger partial charge in [0.2, 0.25) is 0 Å². The number of furan rings is 1. The van der Waals surface area contributed by atoms with Crippen LogP contribution in [-0.2, 0) is 12.8 Å². The lowest BCUT2D eigenvalue weighted by Gasteiger charge is -2.52. The van der Waals surface area contributed by atoms with Crippen LogP contribution in [0.4, 0.5) is 0 Å². The molecule has 2 aromatic rings. The first-order valence-electron chi connectivity index (χ1n) is 8.65. The maximum atomic E-state index is 12.1. The summed E-state index contributed by atoms with van der Waals surface area (Å²) >= 11 is 0. The summed E-state index contributed by atoms with van der Waals surface area (Å²) in [5.41, 5.74) is 1.04. The van der Waals surface area contributed by atoms with Crippen LogP contribution >= 0.6 is 0 Å². The fraction of sp³-hybridized carbons (Fsp3) is 0.579. The van der Waals surface area contributed by atoms with Crippen molar-refractivity contribution in [2.24, 2.45) is 17.3 Å². The maximum Gasteiger partial charge on any atom is 0.287 e. The van der Waals surface area contributed by atoms with Gasteiger partial charge in [0.05, 0.1) is 12.0 Å². The van der Waals surface area contributed by atoms with Crippen molar-refractivity contribution in [2.75, 3.05) is 0 Å². The van der Waals surface area contributed by atoms with Crippen LogP contribution < -0.4 is 5.32 Å². The highest BCUT2D eigenvalue weighted by molar-refractivity contribution is 5.91. The van der Waals surface area contributed by atoms with E-state index >= 15 is 0 Å². The van der Waals surface area contributed by atoms with Gasteiger partial charge in [-0.3, -0.25) is 4.79 Å². The van der Waals surface area contributed by atoms with Gasteiger partial charge in [0, 0.05) is 18.5 Å². The van der Waals surface area contributed by atoms with E-state index in [1.165, 1.54) is 6.26 Å². The largest absolute Gasteiger partial charge is 0.459 e. The number of carbonyl (C=O) groups is 1. The monoisotopic (exact) mass is 330 g/mol. The van der Waals surface area contributed by atoms with Crippen molar-refractivity contribution in [3.63, 3.8) is 0 Å². The highest BCUT2D eigenvalue weighted by Gasteiger charge is 2.48. The number of rotatable bonds is 6. The Bertz CT molecular complexity index is 685. The average Bonchev–Trinajstić information content (AvgIpc) is 3.17. The standard InChI is InChI=1S/C19H26N2O3/c1-12(2)8-15-11-14(21-24-15)9-13-10-17(19(13,3)4)20-18(22)16-6-5-7-23-16/h5-7,11-13,17H,8-10H2,1-4H3,(H,20,22)/t13-,17+/m1/s1. The first-order valence-corrected chi connectivity index (χ1v) is 8.65. The van der Waals surface area contributed by atoms with Crippen LogP contribution in [0.2, 0.25) is 0 Å². The minimum atomic E-state index is -0.141. The summed E-state index contributed by atoms with van der Waals surface area (Å²) in [7, 11) is 0. The molecule has 2 heterocycles. The number of nitrogens with zero attached hydrogens (tertiary/aromatic N) is 1. The first-order chi connectivity index (χ1) is 11.4. The molecule has 130 valence electrons. The molecule has 0 spiro atoms. The lowest BCUT2D eigenvalue weighted by atomic mass is 9.57. The molecule has 5 nitrogen and oxygen atoms in total. The van der Waals surface area contributed by atoms with Gasteiger partial charge in [0.1, 0.15) is 5.76 Å². The number of hydrogen-bond acceptors (Lipinski definition) is 4. The summed E-state index contributed by atoms with van der Waals surface area (Å²) in [6.45, 7) is 8.74. The van der Waals surface area contributed by atoms with E-state index in [1.807, 2.05) is 0 Å². The zero-order valence-electron chi connectivity index (χ0n) is 14.8. The second-order valence-corrected chi connectivity index (χ2v) is 7.84. The fourth-order valence-electron chi connectivity index (χ4n) is 3.45. The molecule has 0 aliphatic heterocycles. The van der Waals surface area contributed by atoms with E-state index < -0.39 is 0 Å². The first kappa shape index (κ1) is 16.8. The molecule has 5 heteroatoms. The molecule has 0 aromatic carbocycles. The minimum Gasteiger partial charge on any atom is -0.459 e.